The van der Waals surface area contributed by atoms with E-state index in [1.807, 2.05) is 37.3 Å². The Morgan fingerprint density at radius 3 is 2.80 bits per heavy atom. The molecule has 2 rings (SSSR count). The van der Waals surface area contributed by atoms with Crippen LogP contribution in [0.25, 0.3) is 0 Å². The minimum absolute atomic E-state index is 0.146. The molecule has 0 saturated carbocycles. The summed E-state index contributed by atoms with van der Waals surface area (Å²) in [7, 11) is 0. The summed E-state index contributed by atoms with van der Waals surface area (Å²) >= 11 is 0. The topological polar surface area (TPSA) is 81.6 Å². The van der Waals surface area contributed by atoms with Crippen LogP contribution in [0.3, 0.4) is 0 Å². The average Bonchev–Trinajstić information content (AvgIpc) is 2.46. The lowest BCUT2D eigenvalue weighted by Crippen LogP contribution is -2.63. The van der Waals surface area contributed by atoms with Crippen molar-refractivity contribution in [1.29, 1.82) is 0 Å². The van der Waals surface area contributed by atoms with E-state index in [0.717, 1.165) is 18.4 Å². The van der Waals surface area contributed by atoms with E-state index >= 15 is 0 Å². The first-order valence-corrected chi connectivity index (χ1v) is 7.01. The van der Waals surface area contributed by atoms with E-state index in [9.17, 15) is 4.79 Å². The van der Waals surface area contributed by atoms with Crippen molar-refractivity contribution in [3.05, 3.63) is 35.9 Å². The van der Waals surface area contributed by atoms with E-state index in [1.165, 1.54) is 0 Å². The highest BCUT2D eigenvalue weighted by Crippen LogP contribution is 2.22. The van der Waals surface area contributed by atoms with Gasteiger partial charge in [0, 0.05) is 24.7 Å². The van der Waals surface area contributed by atoms with E-state index in [1.54, 1.807) is 4.90 Å². The number of amides is 1. The van der Waals surface area contributed by atoms with Crippen LogP contribution < -0.4 is 11.5 Å². The molecular formula is C15H23N3O2. The van der Waals surface area contributed by atoms with Crippen LogP contribution in [0.4, 0.5) is 4.79 Å². The maximum Gasteiger partial charge on any atom is 0.410 e. The normalized spacial score (nSPS) is 24.2. The molecule has 1 aromatic rings. The maximum absolute atomic E-state index is 12.1. The number of likely N-dealkylation sites (tertiary alicyclic amines) is 1. The number of nitrogens with zero attached hydrogens (tertiary/aromatic N) is 1. The minimum Gasteiger partial charge on any atom is -0.445 e. The number of hydrogen-bond acceptors (Lipinski definition) is 4. The summed E-state index contributed by atoms with van der Waals surface area (Å²) in [5.74, 6) is 0. The molecule has 1 aliphatic heterocycles. The number of carbonyl (C=O) groups excluding carboxylic acids is 1. The number of carbonyl (C=O) groups is 1. The van der Waals surface area contributed by atoms with Crippen LogP contribution in [0.5, 0.6) is 0 Å². The van der Waals surface area contributed by atoms with Gasteiger partial charge in [-0.2, -0.15) is 0 Å². The second-order valence-corrected chi connectivity index (χ2v) is 5.59. The molecule has 1 aliphatic rings. The van der Waals surface area contributed by atoms with Crippen LogP contribution in [0.1, 0.15) is 25.3 Å². The molecule has 2 atom stereocenters. The lowest BCUT2D eigenvalue weighted by molar-refractivity contribution is 0.0695. The molecule has 0 aromatic heterocycles. The van der Waals surface area contributed by atoms with Crippen molar-refractivity contribution in [3.63, 3.8) is 0 Å². The highest BCUT2D eigenvalue weighted by molar-refractivity contribution is 5.68. The van der Waals surface area contributed by atoms with E-state index in [0.29, 0.717) is 13.1 Å². The van der Waals surface area contributed by atoms with Gasteiger partial charge in [-0.15, -0.1) is 0 Å². The van der Waals surface area contributed by atoms with Crippen LogP contribution >= 0.6 is 0 Å². The zero-order valence-corrected chi connectivity index (χ0v) is 11.9. The fraction of sp³-hybridized carbons (Fsp3) is 0.533. The van der Waals surface area contributed by atoms with Crippen molar-refractivity contribution >= 4 is 6.09 Å². The third kappa shape index (κ3) is 3.49. The van der Waals surface area contributed by atoms with Gasteiger partial charge in [-0.05, 0) is 25.3 Å². The predicted octanol–water partition coefficient (Wildman–Crippen LogP) is 1.46. The van der Waals surface area contributed by atoms with Gasteiger partial charge >= 0.3 is 6.09 Å². The Morgan fingerprint density at radius 2 is 2.15 bits per heavy atom. The lowest BCUT2D eigenvalue weighted by atomic mass is 9.84. The van der Waals surface area contributed by atoms with E-state index < -0.39 is 5.54 Å². The van der Waals surface area contributed by atoms with Gasteiger partial charge in [0.15, 0.2) is 0 Å². The second kappa shape index (κ2) is 6.24. The Morgan fingerprint density at radius 1 is 1.45 bits per heavy atom. The first-order chi connectivity index (χ1) is 9.51. The molecule has 1 amide bonds. The third-order valence-electron chi connectivity index (χ3n) is 3.93. The standard InChI is InChI=1S/C15H23N3O2/c1-12(16)15(17)8-5-9-18(11-15)14(19)20-10-13-6-3-2-4-7-13/h2-4,6-7,12H,5,8-11,16-17H2,1H3. The van der Waals surface area contributed by atoms with E-state index in [-0.39, 0.29) is 18.7 Å². The van der Waals surface area contributed by atoms with Crippen molar-refractivity contribution in [2.75, 3.05) is 13.1 Å². The highest BCUT2D eigenvalue weighted by atomic mass is 16.6. The molecule has 110 valence electrons. The Bertz CT molecular complexity index is 450. The molecule has 20 heavy (non-hydrogen) atoms. The molecule has 0 spiro atoms. The fourth-order valence-corrected chi connectivity index (χ4v) is 2.45. The minimum atomic E-state index is -0.510. The molecule has 1 heterocycles. The van der Waals surface area contributed by atoms with Gasteiger partial charge in [0.05, 0.1) is 0 Å². The van der Waals surface area contributed by atoms with Gasteiger partial charge in [-0.25, -0.2) is 4.79 Å². The smallest absolute Gasteiger partial charge is 0.410 e. The lowest BCUT2D eigenvalue weighted by Gasteiger charge is -2.42. The molecule has 1 saturated heterocycles. The van der Waals surface area contributed by atoms with Gasteiger partial charge in [0.25, 0.3) is 0 Å². The van der Waals surface area contributed by atoms with Crippen molar-refractivity contribution in [3.8, 4) is 0 Å². The summed E-state index contributed by atoms with van der Waals surface area (Å²) in [6.07, 6.45) is 1.38. The molecule has 2 unspecified atom stereocenters. The summed E-state index contributed by atoms with van der Waals surface area (Å²) < 4.78 is 5.33. The molecule has 0 aliphatic carbocycles. The van der Waals surface area contributed by atoms with Gasteiger partial charge in [0.2, 0.25) is 0 Å². The van der Waals surface area contributed by atoms with Crippen LogP contribution in [0.15, 0.2) is 30.3 Å². The van der Waals surface area contributed by atoms with Crippen LogP contribution in [-0.2, 0) is 11.3 Å². The highest BCUT2D eigenvalue weighted by Gasteiger charge is 2.37. The van der Waals surface area contributed by atoms with E-state index in [2.05, 4.69) is 0 Å². The van der Waals surface area contributed by atoms with Gasteiger partial charge in [-0.3, -0.25) is 0 Å². The summed E-state index contributed by atoms with van der Waals surface area (Å²) in [4.78, 5) is 13.8. The average molecular weight is 277 g/mol. The Kier molecular flexibility index (Phi) is 4.62. The fourth-order valence-electron chi connectivity index (χ4n) is 2.45. The molecule has 5 heteroatoms. The van der Waals surface area contributed by atoms with Crippen LogP contribution in [-0.4, -0.2) is 35.7 Å². The molecule has 0 bridgehead atoms. The van der Waals surface area contributed by atoms with Crippen LogP contribution in [0, 0.1) is 0 Å². The number of ether oxygens (including phenoxy) is 1. The maximum atomic E-state index is 12.1. The monoisotopic (exact) mass is 277 g/mol. The molecule has 1 aromatic carbocycles. The van der Waals surface area contributed by atoms with Gasteiger partial charge in [-0.1, -0.05) is 30.3 Å². The zero-order chi connectivity index (χ0) is 14.6. The van der Waals surface area contributed by atoms with Gasteiger partial charge in [0.1, 0.15) is 6.61 Å². The van der Waals surface area contributed by atoms with Crippen LogP contribution in [0.2, 0.25) is 0 Å². The van der Waals surface area contributed by atoms with Crippen molar-refractivity contribution < 1.29 is 9.53 Å². The Labute approximate surface area is 119 Å². The molecule has 5 nitrogen and oxygen atoms in total. The number of benzene rings is 1. The zero-order valence-electron chi connectivity index (χ0n) is 11.9. The number of nitrogens with two attached hydrogens (primary N) is 2. The van der Waals surface area contributed by atoms with Crippen molar-refractivity contribution in [2.45, 2.75) is 38.0 Å². The Balaban J connectivity index is 1.89. The Hall–Kier alpha value is -1.59. The summed E-state index contributed by atoms with van der Waals surface area (Å²) in [6, 6.07) is 9.49. The number of piperidine rings is 1. The largest absolute Gasteiger partial charge is 0.445 e. The summed E-state index contributed by atoms with van der Waals surface area (Å²) in [6.45, 7) is 3.31. The third-order valence-corrected chi connectivity index (χ3v) is 3.93. The number of rotatable bonds is 3. The first kappa shape index (κ1) is 14.8. The molecule has 0 radical (unpaired) electrons. The quantitative estimate of drug-likeness (QED) is 0.876. The molecular weight excluding hydrogens is 254 g/mol. The second-order valence-electron chi connectivity index (χ2n) is 5.59. The summed E-state index contributed by atoms with van der Waals surface area (Å²) in [5.41, 5.74) is 12.7. The van der Waals surface area contributed by atoms with Gasteiger partial charge < -0.3 is 21.1 Å². The van der Waals surface area contributed by atoms with Crippen molar-refractivity contribution in [2.24, 2.45) is 11.5 Å². The van der Waals surface area contributed by atoms with E-state index in [4.69, 9.17) is 16.2 Å². The molecule has 4 N–H and O–H groups in total. The molecule has 1 fully saturated rings. The summed E-state index contributed by atoms with van der Waals surface area (Å²) in [5, 5.41) is 0. The predicted molar refractivity (Wildman–Crippen MR) is 78.0 cm³/mol. The first-order valence-electron chi connectivity index (χ1n) is 7.01. The number of hydrogen-bond donors (Lipinski definition) is 2. The van der Waals surface area contributed by atoms with Crippen molar-refractivity contribution in [1.82, 2.24) is 4.90 Å². The SMILES string of the molecule is CC(N)C1(N)CCCN(C(=O)OCc2ccccc2)C1.